The summed E-state index contributed by atoms with van der Waals surface area (Å²) in [5.41, 5.74) is 4.47. The molecule has 1 aliphatic heterocycles. The van der Waals surface area contributed by atoms with Crippen LogP contribution in [0.3, 0.4) is 0 Å². The topological polar surface area (TPSA) is 73.6 Å². The van der Waals surface area contributed by atoms with Gasteiger partial charge in [-0.05, 0) is 55.9 Å². The molecule has 2 bridgehead atoms. The predicted octanol–water partition coefficient (Wildman–Crippen LogP) is 3.72. The highest BCUT2D eigenvalue weighted by Gasteiger charge is 2.69. The molecule has 3 saturated carbocycles. The first-order chi connectivity index (χ1) is 14.8. The van der Waals surface area contributed by atoms with Gasteiger partial charge in [0.1, 0.15) is 0 Å². The first-order valence-electron chi connectivity index (χ1n) is 11.3. The summed E-state index contributed by atoms with van der Waals surface area (Å²) >= 11 is 0. The van der Waals surface area contributed by atoms with Crippen LogP contribution >= 0.6 is 0 Å². The highest BCUT2D eigenvalue weighted by atomic mass is 19.4. The molecule has 4 aliphatic rings. The molecule has 3 aliphatic carbocycles. The van der Waals surface area contributed by atoms with Crippen molar-refractivity contribution in [1.29, 1.82) is 0 Å². The molecule has 3 N–H and O–H groups in total. The summed E-state index contributed by atoms with van der Waals surface area (Å²) < 4.78 is 52.2. The molecule has 176 valence electrons. The number of benzene rings is 1. The molecule has 1 aromatic rings. The molecule has 5 nitrogen and oxygen atoms in total. The Morgan fingerprint density at radius 3 is 2.47 bits per heavy atom. The van der Waals surface area contributed by atoms with Gasteiger partial charge in [0.25, 0.3) is 0 Å². The van der Waals surface area contributed by atoms with Crippen molar-refractivity contribution in [2.24, 2.45) is 23.0 Å². The lowest BCUT2D eigenvalue weighted by molar-refractivity contribution is -0.199. The summed E-state index contributed by atoms with van der Waals surface area (Å²) in [4.78, 5) is 12.6. The first-order valence-corrected chi connectivity index (χ1v) is 11.3. The number of alkyl halides is 3. The van der Waals surface area contributed by atoms with Crippen LogP contribution in [0, 0.1) is 17.3 Å². The van der Waals surface area contributed by atoms with Crippen LogP contribution in [0.5, 0.6) is 0 Å². The van der Waals surface area contributed by atoms with Gasteiger partial charge in [0.2, 0.25) is 5.91 Å². The Morgan fingerprint density at radius 2 is 1.91 bits per heavy atom. The number of rotatable bonds is 7. The highest BCUT2D eigenvalue weighted by molar-refractivity contribution is 6.48. The van der Waals surface area contributed by atoms with Crippen LogP contribution in [-0.4, -0.2) is 43.0 Å². The van der Waals surface area contributed by atoms with Gasteiger partial charge >= 0.3 is 13.3 Å². The number of nitrogens with one attached hydrogen (secondary N) is 1. The fourth-order valence-corrected chi connectivity index (χ4v) is 6.20. The van der Waals surface area contributed by atoms with Crippen molar-refractivity contribution in [1.82, 2.24) is 5.32 Å². The second kappa shape index (κ2) is 7.74. The summed E-state index contributed by atoms with van der Waals surface area (Å²) in [6.45, 7) is 6.62. The van der Waals surface area contributed by atoms with E-state index in [9.17, 15) is 18.0 Å². The third kappa shape index (κ3) is 3.86. The summed E-state index contributed by atoms with van der Waals surface area (Å²) in [6.07, 6.45) is -2.45. The molecule has 1 unspecified atom stereocenters. The molecule has 0 radical (unpaired) electrons. The molecule has 1 heterocycles. The van der Waals surface area contributed by atoms with Gasteiger partial charge in [-0.2, -0.15) is 13.2 Å². The molecular weight excluding hydrogens is 420 g/mol. The van der Waals surface area contributed by atoms with E-state index in [1.807, 2.05) is 37.3 Å². The number of nitrogens with two attached hydrogens (primary N) is 1. The Kier molecular flexibility index (Phi) is 5.70. The third-order valence-electron chi connectivity index (χ3n) is 8.51. The number of hydrogen-bond acceptors (Lipinski definition) is 4. The Bertz CT molecular complexity index is 868. The van der Waals surface area contributed by atoms with Crippen LogP contribution in [0.2, 0.25) is 5.82 Å². The van der Waals surface area contributed by atoms with Crippen molar-refractivity contribution in [3.8, 4) is 0 Å². The predicted molar refractivity (Wildman–Crippen MR) is 116 cm³/mol. The lowest BCUT2D eigenvalue weighted by Crippen LogP contribution is -2.65. The summed E-state index contributed by atoms with van der Waals surface area (Å²) in [7, 11) is -0.849. The molecule has 1 saturated heterocycles. The van der Waals surface area contributed by atoms with Gasteiger partial charge in [0, 0.05) is 5.82 Å². The zero-order valence-corrected chi connectivity index (χ0v) is 19.0. The monoisotopic (exact) mass is 452 g/mol. The van der Waals surface area contributed by atoms with Crippen LogP contribution < -0.4 is 11.1 Å². The van der Waals surface area contributed by atoms with E-state index >= 15 is 0 Å². The minimum atomic E-state index is -4.49. The maximum Gasteiger partial charge on any atom is 0.463 e. The summed E-state index contributed by atoms with van der Waals surface area (Å²) in [6, 6.07) is 9.32. The first kappa shape index (κ1) is 23.6. The zero-order chi connectivity index (χ0) is 23.5. The van der Waals surface area contributed by atoms with Gasteiger partial charge < -0.3 is 15.0 Å². The fourth-order valence-electron chi connectivity index (χ4n) is 6.20. The lowest BCUT2D eigenvalue weighted by atomic mass is 9.43. The molecule has 1 aromatic carbocycles. The van der Waals surface area contributed by atoms with Crippen molar-refractivity contribution >= 4 is 13.0 Å². The van der Waals surface area contributed by atoms with E-state index in [0.29, 0.717) is 11.8 Å². The number of carbonyl (C=O) groups is 1. The molecule has 6 atom stereocenters. The molecule has 0 spiro atoms. The summed E-state index contributed by atoms with van der Waals surface area (Å²) in [5, 5.41) is 2.40. The normalized spacial score (nSPS) is 33.7. The quantitative estimate of drug-likeness (QED) is 0.619. The molecular formula is C23H32BF3N2O3. The molecule has 9 heteroatoms. The summed E-state index contributed by atoms with van der Waals surface area (Å²) in [5.74, 6) is -0.775. The van der Waals surface area contributed by atoms with Gasteiger partial charge in [-0.15, -0.1) is 0 Å². The van der Waals surface area contributed by atoms with Gasteiger partial charge in [-0.3, -0.25) is 10.1 Å². The SMILES string of the molecule is CC(NCC(F)(F)F)(C(N)=O)[C@@H](Cc1ccccc1)B1O[C@@H]2C[C@@H]3C[C@@H](C3(C)C)[C@]2(C)O1. The smallest absolute Gasteiger partial charge is 0.405 e. The Balaban J connectivity index is 1.66. The van der Waals surface area contributed by atoms with E-state index in [0.717, 1.165) is 18.4 Å². The standard InChI is InChI=1S/C23H32BF3N2O3/c1-20(2)15-11-16(20)22(4)18(12-15)31-24(32-22)17(10-14-8-6-5-7-9-14)21(3,19(28)30)29-13-23(25,26)27/h5-9,15-18,29H,10-13H2,1-4H3,(H2,28,30)/t15-,16-,17+,18+,21?,22-/m0/s1. The second-order valence-electron chi connectivity index (χ2n) is 10.7. The van der Waals surface area contributed by atoms with Gasteiger partial charge in [-0.1, -0.05) is 44.2 Å². The van der Waals surface area contributed by atoms with E-state index < -0.39 is 42.7 Å². The van der Waals surface area contributed by atoms with Crippen LogP contribution in [-0.2, 0) is 20.5 Å². The molecule has 0 aromatic heterocycles. The Labute approximate surface area is 187 Å². The van der Waals surface area contributed by atoms with Gasteiger partial charge in [0.05, 0.1) is 23.8 Å². The maximum atomic E-state index is 13.1. The minimum absolute atomic E-state index is 0.125. The van der Waals surface area contributed by atoms with Crippen molar-refractivity contribution in [2.45, 2.75) is 76.2 Å². The maximum absolute atomic E-state index is 13.1. The largest absolute Gasteiger partial charge is 0.463 e. The molecule has 1 amide bonds. The highest BCUT2D eigenvalue weighted by Crippen LogP contribution is 2.66. The number of halogens is 3. The number of primary amides is 1. The van der Waals surface area contributed by atoms with Gasteiger partial charge in [0.15, 0.2) is 0 Å². The number of carbonyl (C=O) groups excluding carboxylic acids is 1. The van der Waals surface area contributed by atoms with E-state index in [1.165, 1.54) is 6.92 Å². The van der Waals surface area contributed by atoms with E-state index in [-0.39, 0.29) is 17.9 Å². The lowest BCUT2D eigenvalue weighted by Gasteiger charge is -2.64. The van der Waals surface area contributed by atoms with Crippen LogP contribution in [0.1, 0.15) is 46.1 Å². The van der Waals surface area contributed by atoms with E-state index in [2.05, 4.69) is 19.2 Å². The number of hydrogen-bond donors (Lipinski definition) is 2. The van der Waals surface area contributed by atoms with Crippen molar-refractivity contribution in [2.75, 3.05) is 6.54 Å². The second-order valence-corrected chi connectivity index (χ2v) is 10.7. The van der Waals surface area contributed by atoms with Crippen molar-refractivity contribution in [3.63, 3.8) is 0 Å². The van der Waals surface area contributed by atoms with Gasteiger partial charge in [-0.25, -0.2) is 0 Å². The van der Waals surface area contributed by atoms with Crippen LogP contribution in [0.25, 0.3) is 0 Å². The zero-order valence-electron chi connectivity index (χ0n) is 19.0. The Hall–Kier alpha value is -1.58. The van der Waals surface area contributed by atoms with E-state index in [4.69, 9.17) is 15.0 Å². The average Bonchev–Trinajstić information content (AvgIpc) is 3.06. The van der Waals surface area contributed by atoms with E-state index in [1.54, 1.807) is 0 Å². The number of amides is 1. The fraction of sp³-hybridized carbons (Fsp3) is 0.696. The van der Waals surface area contributed by atoms with Crippen molar-refractivity contribution in [3.05, 3.63) is 35.9 Å². The molecule has 5 rings (SSSR count). The van der Waals surface area contributed by atoms with Crippen LogP contribution in [0.15, 0.2) is 30.3 Å². The third-order valence-corrected chi connectivity index (χ3v) is 8.51. The van der Waals surface area contributed by atoms with Crippen LogP contribution in [0.4, 0.5) is 13.2 Å². The van der Waals surface area contributed by atoms with Crippen molar-refractivity contribution < 1.29 is 27.3 Å². The average molecular weight is 452 g/mol. The minimum Gasteiger partial charge on any atom is -0.405 e. The Morgan fingerprint density at radius 1 is 1.25 bits per heavy atom. The molecule has 32 heavy (non-hydrogen) atoms. The molecule has 4 fully saturated rings.